The first kappa shape index (κ1) is 15.9. The number of rotatable bonds is 6. The van der Waals surface area contributed by atoms with E-state index in [1.807, 2.05) is 6.07 Å². The van der Waals surface area contributed by atoms with Crippen LogP contribution >= 0.6 is 0 Å². The van der Waals surface area contributed by atoms with E-state index in [0.29, 0.717) is 29.5 Å². The summed E-state index contributed by atoms with van der Waals surface area (Å²) in [5, 5.41) is 13.8. The Morgan fingerprint density at radius 1 is 1.12 bits per heavy atom. The first-order chi connectivity index (χ1) is 11.7. The van der Waals surface area contributed by atoms with Crippen molar-refractivity contribution in [2.75, 3.05) is 17.2 Å². The normalized spacial score (nSPS) is 13.2. The van der Waals surface area contributed by atoms with E-state index in [-0.39, 0.29) is 11.8 Å². The number of anilines is 3. The summed E-state index contributed by atoms with van der Waals surface area (Å²) in [5.74, 6) is 0.577. The highest BCUT2D eigenvalue weighted by atomic mass is 16.5. The maximum absolute atomic E-state index is 12.0. The molecule has 7 heteroatoms. The molecule has 24 heavy (non-hydrogen) atoms. The zero-order valence-electron chi connectivity index (χ0n) is 13.3. The van der Waals surface area contributed by atoms with E-state index in [9.17, 15) is 9.59 Å². The molecule has 2 aromatic rings. The number of esters is 1. The standard InChI is InChI=1S/C17H18N4O3/c1-2-24-17(23)12-5-3-4-6-13(12)18-14-9-10-15(21-20-14)19-16(22)11-7-8-11/h3-6,9-11H,2,7-8H2,1H3,(H,18,20)(H,19,21,22). The molecule has 1 aromatic carbocycles. The first-order valence-electron chi connectivity index (χ1n) is 7.85. The van der Waals surface area contributed by atoms with Crippen LogP contribution in [0.1, 0.15) is 30.1 Å². The Balaban J connectivity index is 1.69. The number of carbonyl (C=O) groups is 2. The Morgan fingerprint density at radius 3 is 2.50 bits per heavy atom. The van der Waals surface area contributed by atoms with Crippen LogP contribution in [0, 0.1) is 5.92 Å². The van der Waals surface area contributed by atoms with E-state index >= 15 is 0 Å². The van der Waals surface area contributed by atoms with Crippen molar-refractivity contribution in [3.05, 3.63) is 42.0 Å². The number of nitrogens with one attached hydrogen (secondary N) is 2. The number of benzene rings is 1. The number of nitrogens with zero attached hydrogens (tertiary/aromatic N) is 2. The Labute approximate surface area is 139 Å². The molecule has 1 aromatic heterocycles. The van der Waals surface area contributed by atoms with Gasteiger partial charge in [-0.2, -0.15) is 0 Å². The van der Waals surface area contributed by atoms with Gasteiger partial charge in [-0.05, 0) is 44.0 Å². The molecule has 0 atom stereocenters. The third kappa shape index (κ3) is 3.87. The smallest absolute Gasteiger partial charge is 0.340 e. The fraction of sp³-hybridized carbons (Fsp3) is 0.294. The van der Waals surface area contributed by atoms with E-state index in [0.717, 1.165) is 12.8 Å². The Kier molecular flexibility index (Phi) is 4.69. The predicted octanol–water partition coefficient (Wildman–Crippen LogP) is 2.75. The third-order valence-electron chi connectivity index (χ3n) is 3.55. The van der Waals surface area contributed by atoms with E-state index in [1.165, 1.54) is 0 Å². The molecule has 0 aliphatic heterocycles. The summed E-state index contributed by atoms with van der Waals surface area (Å²) in [5.41, 5.74) is 1.01. The molecule has 2 N–H and O–H groups in total. The highest BCUT2D eigenvalue weighted by Crippen LogP contribution is 2.30. The first-order valence-corrected chi connectivity index (χ1v) is 7.85. The number of aromatic nitrogens is 2. The molecule has 3 rings (SSSR count). The van der Waals surface area contributed by atoms with Crippen LogP contribution in [0.4, 0.5) is 17.3 Å². The molecular weight excluding hydrogens is 308 g/mol. The lowest BCUT2D eigenvalue weighted by Gasteiger charge is -2.10. The molecule has 1 heterocycles. The lowest BCUT2D eigenvalue weighted by molar-refractivity contribution is -0.117. The van der Waals surface area contributed by atoms with E-state index in [1.54, 1.807) is 37.3 Å². The molecule has 1 fully saturated rings. The highest BCUT2D eigenvalue weighted by molar-refractivity contribution is 5.96. The van der Waals surface area contributed by atoms with Crippen LogP contribution in [0.2, 0.25) is 0 Å². The highest BCUT2D eigenvalue weighted by Gasteiger charge is 2.29. The maximum atomic E-state index is 12.0. The van der Waals surface area contributed by atoms with Crippen molar-refractivity contribution in [3.8, 4) is 0 Å². The summed E-state index contributed by atoms with van der Waals surface area (Å²) in [6, 6.07) is 10.4. The van der Waals surface area contributed by atoms with Gasteiger partial charge in [0, 0.05) is 5.92 Å². The van der Waals surface area contributed by atoms with Gasteiger partial charge in [0.1, 0.15) is 0 Å². The number of carbonyl (C=O) groups excluding carboxylic acids is 2. The van der Waals surface area contributed by atoms with Crippen LogP contribution in [-0.4, -0.2) is 28.7 Å². The van der Waals surface area contributed by atoms with Crippen LogP contribution in [0.3, 0.4) is 0 Å². The average Bonchev–Trinajstić information content (AvgIpc) is 3.42. The Morgan fingerprint density at radius 2 is 1.83 bits per heavy atom. The van der Waals surface area contributed by atoms with Gasteiger partial charge in [-0.25, -0.2) is 4.79 Å². The molecule has 0 saturated heterocycles. The number of amides is 1. The Bertz CT molecular complexity index is 742. The fourth-order valence-corrected chi connectivity index (χ4v) is 2.16. The quantitative estimate of drug-likeness (QED) is 0.793. The molecule has 1 aliphatic rings. The molecule has 124 valence electrons. The van der Waals surface area contributed by atoms with Crippen molar-refractivity contribution >= 4 is 29.2 Å². The van der Waals surface area contributed by atoms with Gasteiger partial charge in [-0.3, -0.25) is 4.79 Å². The maximum Gasteiger partial charge on any atom is 0.340 e. The van der Waals surface area contributed by atoms with Gasteiger partial charge >= 0.3 is 5.97 Å². The van der Waals surface area contributed by atoms with Gasteiger partial charge in [-0.15, -0.1) is 10.2 Å². The number of hydrogen-bond acceptors (Lipinski definition) is 6. The summed E-state index contributed by atoms with van der Waals surface area (Å²) in [7, 11) is 0. The second-order valence-corrected chi connectivity index (χ2v) is 5.46. The van der Waals surface area contributed by atoms with Gasteiger partial charge in [0.2, 0.25) is 5.91 Å². The Hall–Kier alpha value is -2.96. The van der Waals surface area contributed by atoms with Crippen LogP contribution < -0.4 is 10.6 Å². The molecular formula is C17H18N4O3. The van der Waals surface area contributed by atoms with Crippen LogP contribution in [0.15, 0.2) is 36.4 Å². The van der Waals surface area contributed by atoms with E-state index in [2.05, 4.69) is 20.8 Å². The molecule has 1 aliphatic carbocycles. The minimum Gasteiger partial charge on any atom is -0.462 e. The lowest BCUT2D eigenvalue weighted by atomic mass is 10.2. The molecule has 7 nitrogen and oxygen atoms in total. The monoisotopic (exact) mass is 326 g/mol. The molecule has 0 radical (unpaired) electrons. The van der Waals surface area contributed by atoms with Gasteiger partial charge < -0.3 is 15.4 Å². The summed E-state index contributed by atoms with van der Waals surface area (Å²) < 4.78 is 5.04. The van der Waals surface area contributed by atoms with Gasteiger partial charge in [0.05, 0.1) is 17.9 Å². The summed E-state index contributed by atoms with van der Waals surface area (Å²) in [6.07, 6.45) is 1.87. The van der Waals surface area contributed by atoms with Crippen molar-refractivity contribution in [2.24, 2.45) is 5.92 Å². The average molecular weight is 326 g/mol. The topological polar surface area (TPSA) is 93.2 Å². The number of hydrogen-bond donors (Lipinski definition) is 2. The van der Waals surface area contributed by atoms with Crippen molar-refractivity contribution in [1.29, 1.82) is 0 Å². The van der Waals surface area contributed by atoms with Crippen LogP contribution in [0.5, 0.6) is 0 Å². The molecule has 0 unspecified atom stereocenters. The summed E-state index contributed by atoms with van der Waals surface area (Å²) in [4.78, 5) is 23.6. The van der Waals surface area contributed by atoms with Crippen molar-refractivity contribution in [2.45, 2.75) is 19.8 Å². The van der Waals surface area contributed by atoms with Crippen LogP contribution in [-0.2, 0) is 9.53 Å². The molecule has 1 saturated carbocycles. The van der Waals surface area contributed by atoms with Crippen LogP contribution in [0.25, 0.3) is 0 Å². The van der Waals surface area contributed by atoms with E-state index in [4.69, 9.17) is 4.74 Å². The largest absolute Gasteiger partial charge is 0.462 e. The minimum atomic E-state index is -0.401. The fourth-order valence-electron chi connectivity index (χ4n) is 2.16. The molecule has 0 spiro atoms. The zero-order valence-corrected chi connectivity index (χ0v) is 13.3. The molecule has 0 bridgehead atoms. The predicted molar refractivity (Wildman–Crippen MR) is 89.1 cm³/mol. The molecule has 1 amide bonds. The number of ether oxygens (including phenoxy) is 1. The summed E-state index contributed by atoms with van der Waals surface area (Å²) >= 11 is 0. The number of para-hydroxylation sites is 1. The third-order valence-corrected chi connectivity index (χ3v) is 3.55. The van der Waals surface area contributed by atoms with Crippen molar-refractivity contribution in [1.82, 2.24) is 10.2 Å². The second kappa shape index (κ2) is 7.08. The van der Waals surface area contributed by atoms with Gasteiger partial charge in [0.15, 0.2) is 11.6 Å². The van der Waals surface area contributed by atoms with E-state index < -0.39 is 5.97 Å². The van der Waals surface area contributed by atoms with Gasteiger partial charge in [0.25, 0.3) is 0 Å². The second-order valence-electron chi connectivity index (χ2n) is 5.46. The minimum absolute atomic E-state index is 0.0161. The van der Waals surface area contributed by atoms with Crippen molar-refractivity contribution in [3.63, 3.8) is 0 Å². The zero-order chi connectivity index (χ0) is 16.9. The SMILES string of the molecule is CCOC(=O)c1ccccc1Nc1ccc(NC(=O)C2CC2)nn1. The van der Waals surface area contributed by atoms with Gasteiger partial charge in [-0.1, -0.05) is 12.1 Å². The summed E-state index contributed by atoms with van der Waals surface area (Å²) in [6.45, 7) is 2.07. The van der Waals surface area contributed by atoms with Crippen molar-refractivity contribution < 1.29 is 14.3 Å². The lowest BCUT2D eigenvalue weighted by Crippen LogP contribution is -2.15.